The minimum absolute atomic E-state index is 0.0300. The van der Waals surface area contributed by atoms with Gasteiger partial charge in [0.25, 0.3) is 5.91 Å². The monoisotopic (exact) mass is 454 g/mol. The van der Waals surface area contributed by atoms with Gasteiger partial charge in [0.15, 0.2) is 11.5 Å². The number of rotatable bonds is 10. The van der Waals surface area contributed by atoms with Gasteiger partial charge in [-0.1, -0.05) is 18.2 Å². The van der Waals surface area contributed by atoms with Gasteiger partial charge in [-0.3, -0.25) is 9.10 Å². The second-order valence-corrected chi connectivity index (χ2v) is 8.82. The lowest BCUT2D eigenvalue weighted by Crippen LogP contribution is -2.37. The predicted octanol–water partition coefficient (Wildman–Crippen LogP) is 2.57. The first-order valence-electron chi connectivity index (χ1n) is 9.39. The van der Waals surface area contributed by atoms with Crippen molar-refractivity contribution in [3.63, 3.8) is 0 Å². The molecule has 170 valence electrons. The Hall–Kier alpha value is -2.85. The molecule has 0 unspecified atom stereocenters. The van der Waals surface area contributed by atoms with Crippen LogP contribution in [0.3, 0.4) is 0 Å². The highest BCUT2D eigenvalue weighted by molar-refractivity contribution is 7.92. The zero-order valence-electron chi connectivity index (χ0n) is 18.1. The van der Waals surface area contributed by atoms with Crippen LogP contribution in [0.15, 0.2) is 36.4 Å². The predicted molar refractivity (Wildman–Crippen MR) is 116 cm³/mol. The third-order valence-electron chi connectivity index (χ3n) is 4.48. The van der Waals surface area contributed by atoms with Crippen molar-refractivity contribution in [3.05, 3.63) is 53.3 Å². The van der Waals surface area contributed by atoms with Gasteiger partial charge in [0.05, 0.1) is 44.9 Å². The Bertz CT molecular complexity index is 1030. The molecule has 10 heteroatoms. The van der Waals surface area contributed by atoms with E-state index in [-0.39, 0.29) is 47.5 Å². The SMILES string of the molecule is COC[C@@H](C)NC(=O)c1cc(OC)c(OC)cc1N(Cc1ccccc1F)S(C)(=O)=O. The number of benzene rings is 2. The van der Waals surface area contributed by atoms with Gasteiger partial charge in [-0.25, -0.2) is 12.8 Å². The zero-order chi connectivity index (χ0) is 23.2. The molecule has 0 radical (unpaired) electrons. The van der Waals surface area contributed by atoms with Crippen molar-refractivity contribution in [2.45, 2.75) is 19.5 Å². The fourth-order valence-corrected chi connectivity index (χ4v) is 3.89. The van der Waals surface area contributed by atoms with Gasteiger partial charge < -0.3 is 19.5 Å². The van der Waals surface area contributed by atoms with Crippen LogP contribution in [-0.2, 0) is 21.3 Å². The molecule has 0 aromatic heterocycles. The van der Waals surface area contributed by atoms with Gasteiger partial charge in [0, 0.05) is 24.8 Å². The minimum Gasteiger partial charge on any atom is -0.493 e. The smallest absolute Gasteiger partial charge is 0.253 e. The molecule has 1 amide bonds. The Morgan fingerprint density at radius 1 is 1.13 bits per heavy atom. The van der Waals surface area contributed by atoms with Crippen LogP contribution in [0.2, 0.25) is 0 Å². The summed E-state index contributed by atoms with van der Waals surface area (Å²) in [7, 11) is 0.393. The lowest BCUT2D eigenvalue weighted by Gasteiger charge is -2.26. The van der Waals surface area contributed by atoms with Crippen LogP contribution in [-0.4, -0.2) is 54.6 Å². The standard InChI is InChI=1S/C21H27FN2O6S/c1-14(13-28-2)23-21(25)16-10-19(29-3)20(30-4)11-18(16)24(31(5,26)27)12-15-8-6-7-9-17(15)22/h6-11,14H,12-13H2,1-5H3,(H,23,25)/t14-/m1/s1. The number of carbonyl (C=O) groups excluding carboxylic acids is 1. The number of anilines is 1. The first-order chi connectivity index (χ1) is 14.6. The van der Waals surface area contributed by atoms with Gasteiger partial charge in [-0.2, -0.15) is 0 Å². The summed E-state index contributed by atoms with van der Waals surface area (Å²) in [5, 5.41) is 2.75. The van der Waals surface area contributed by atoms with E-state index in [2.05, 4.69) is 5.32 Å². The quantitative estimate of drug-likeness (QED) is 0.593. The maximum Gasteiger partial charge on any atom is 0.253 e. The molecule has 0 heterocycles. The second kappa shape index (κ2) is 10.5. The van der Waals surface area contributed by atoms with Crippen molar-refractivity contribution in [2.24, 2.45) is 0 Å². The maximum absolute atomic E-state index is 14.3. The van der Waals surface area contributed by atoms with Crippen molar-refractivity contribution >= 4 is 21.6 Å². The number of hydrogen-bond donors (Lipinski definition) is 1. The molecule has 0 saturated heterocycles. The van der Waals surface area contributed by atoms with E-state index in [9.17, 15) is 17.6 Å². The fourth-order valence-electron chi connectivity index (χ4n) is 3.01. The third kappa shape index (κ3) is 6.08. The topological polar surface area (TPSA) is 94.2 Å². The molecule has 2 aromatic rings. The normalized spacial score (nSPS) is 12.2. The molecule has 0 spiro atoms. The van der Waals surface area contributed by atoms with Crippen molar-refractivity contribution in [2.75, 3.05) is 38.5 Å². The molecule has 0 aliphatic heterocycles. The number of methoxy groups -OCH3 is 3. The fraction of sp³-hybridized carbons (Fsp3) is 0.381. The van der Waals surface area contributed by atoms with Crippen molar-refractivity contribution < 1.29 is 31.8 Å². The number of sulfonamides is 1. The number of nitrogens with one attached hydrogen (secondary N) is 1. The van der Waals surface area contributed by atoms with Crippen LogP contribution in [0.4, 0.5) is 10.1 Å². The first kappa shape index (κ1) is 24.4. The van der Waals surface area contributed by atoms with Crippen molar-refractivity contribution in [3.8, 4) is 11.5 Å². The summed E-state index contributed by atoms with van der Waals surface area (Å²) in [6.45, 7) is 1.70. The maximum atomic E-state index is 14.3. The van der Waals surface area contributed by atoms with E-state index >= 15 is 0 Å². The van der Waals surface area contributed by atoms with Crippen molar-refractivity contribution in [1.29, 1.82) is 0 Å². The van der Waals surface area contributed by atoms with Crippen LogP contribution >= 0.6 is 0 Å². The minimum atomic E-state index is -3.91. The summed E-state index contributed by atoms with van der Waals surface area (Å²) in [6, 6.07) is 8.28. The van der Waals surface area contributed by atoms with Gasteiger partial charge in [-0.15, -0.1) is 0 Å². The Kier molecular flexibility index (Phi) is 8.23. The van der Waals surface area contributed by atoms with Crippen LogP contribution < -0.4 is 19.1 Å². The molecule has 0 bridgehead atoms. The second-order valence-electron chi connectivity index (χ2n) is 6.92. The molecule has 1 N–H and O–H groups in total. The van der Waals surface area contributed by atoms with E-state index < -0.39 is 21.7 Å². The highest BCUT2D eigenvalue weighted by Crippen LogP contribution is 2.37. The Morgan fingerprint density at radius 2 is 1.74 bits per heavy atom. The van der Waals surface area contributed by atoms with E-state index in [1.165, 1.54) is 51.7 Å². The van der Waals surface area contributed by atoms with E-state index in [1.54, 1.807) is 13.0 Å². The summed E-state index contributed by atoms with van der Waals surface area (Å²) in [5.74, 6) is -0.629. The Labute approximate surface area is 182 Å². The van der Waals surface area contributed by atoms with Crippen molar-refractivity contribution in [1.82, 2.24) is 5.32 Å². The van der Waals surface area contributed by atoms with Gasteiger partial charge in [-0.05, 0) is 19.1 Å². The summed E-state index contributed by atoms with van der Waals surface area (Å²) >= 11 is 0. The molecular formula is C21H27FN2O6S. The molecule has 2 aromatic carbocycles. The van der Waals surface area contributed by atoms with Crippen LogP contribution in [0.5, 0.6) is 11.5 Å². The molecule has 8 nitrogen and oxygen atoms in total. The molecule has 0 fully saturated rings. The van der Waals surface area contributed by atoms with Gasteiger partial charge >= 0.3 is 0 Å². The van der Waals surface area contributed by atoms with E-state index in [4.69, 9.17) is 14.2 Å². The highest BCUT2D eigenvalue weighted by atomic mass is 32.2. The summed E-state index contributed by atoms with van der Waals surface area (Å²) < 4.78 is 56.2. The van der Waals surface area contributed by atoms with Crippen LogP contribution in [0, 0.1) is 5.82 Å². The summed E-state index contributed by atoms with van der Waals surface area (Å²) in [6.07, 6.45) is 0.986. The number of halogens is 1. The average Bonchev–Trinajstić information content (AvgIpc) is 2.71. The highest BCUT2D eigenvalue weighted by Gasteiger charge is 2.27. The zero-order valence-corrected chi connectivity index (χ0v) is 19.0. The summed E-state index contributed by atoms with van der Waals surface area (Å²) in [4.78, 5) is 13.0. The van der Waals surface area contributed by atoms with E-state index in [0.29, 0.717) is 0 Å². The van der Waals surface area contributed by atoms with Gasteiger partial charge in [0.1, 0.15) is 5.82 Å². The number of carbonyl (C=O) groups is 1. The number of amides is 1. The molecule has 2 rings (SSSR count). The van der Waals surface area contributed by atoms with E-state index in [1.807, 2.05) is 0 Å². The molecule has 0 aliphatic rings. The lowest BCUT2D eigenvalue weighted by atomic mass is 10.1. The van der Waals surface area contributed by atoms with E-state index in [0.717, 1.165) is 10.6 Å². The Morgan fingerprint density at radius 3 is 2.29 bits per heavy atom. The number of nitrogens with zero attached hydrogens (tertiary/aromatic N) is 1. The lowest BCUT2D eigenvalue weighted by molar-refractivity contribution is 0.0906. The largest absolute Gasteiger partial charge is 0.493 e. The van der Waals surface area contributed by atoms with Gasteiger partial charge in [0.2, 0.25) is 10.0 Å². The first-order valence-corrected chi connectivity index (χ1v) is 11.2. The molecule has 1 atom stereocenters. The third-order valence-corrected chi connectivity index (χ3v) is 5.61. The number of hydrogen-bond acceptors (Lipinski definition) is 6. The summed E-state index contributed by atoms with van der Waals surface area (Å²) in [5.41, 5.74) is 0.217. The molecule has 0 saturated carbocycles. The molecule has 0 aliphatic carbocycles. The Balaban J connectivity index is 2.65. The van der Waals surface area contributed by atoms with Crippen LogP contribution in [0.25, 0.3) is 0 Å². The van der Waals surface area contributed by atoms with Crippen LogP contribution in [0.1, 0.15) is 22.8 Å². The number of ether oxygens (including phenoxy) is 3. The average molecular weight is 455 g/mol. The molecular weight excluding hydrogens is 427 g/mol. The molecule has 31 heavy (non-hydrogen) atoms.